The van der Waals surface area contributed by atoms with E-state index in [0.717, 1.165) is 6.07 Å². The van der Waals surface area contributed by atoms with Gasteiger partial charge >= 0.3 is 5.97 Å². The Morgan fingerprint density at radius 1 is 1.29 bits per heavy atom. The number of rotatable bonds is 6. The zero-order chi connectivity index (χ0) is 21.2. The number of benzene rings is 2. The number of esters is 1. The number of hydrogen-bond donors (Lipinski definition) is 1. The largest absolute Gasteiger partial charge is 0.744 e. The Bertz CT molecular complexity index is 996. The summed E-state index contributed by atoms with van der Waals surface area (Å²) in [6.07, 6.45) is 0. The van der Waals surface area contributed by atoms with Crippen LogP contribution in [0.2, 0.25) is 0 Å². The molecule has 10 heteroatoms. The lowest BCUT2D eigenvalue weighted by atomic mass is 10.0. The summed E-state index contributed by atoms with van der Waals surface area (Å²) in [6.45, 7) is 4.39. The first-order valence-electron chi connectivity index (χ1n) is 8.02. The number of aryl methyl sites for hydroxylation is 1. The number of hydrogen-bond acceptors (Lipinski definition) is 7. The molecule has 28 heavy (non-hydrogen) atoms. The second kappa shape index (κ2) is 8.62. The highest BCUT2D eigenvalue weighted by Crippen LogP contribution is 2.32. The predicted octanol–water partition coefficient (Wildman–Crippen LogP) is 3.46. The van der Waals surface area contributed by atoms with Crippen LogP contribution in [0.3, 0.4) is 0 Å². The molecule has 152 valence electrons. The monoisotopic (exact) mass is 523 g/mol. The van der Waals surface area contributed by atoms with E-state index in [-0.39, 0.29) is 37.2 Å². The zero-order valence-electron chi connectivity index (χ0n) is 15.2. The maximum Gasteiger partial charge on any atom is 0.349 e. The van der Waals surface area contributed by atoms with Gasteiger partial charge in [-0.15, -0.1) is 0 Å². The molecule has 2 aromatic rings. The molecule has 0 atom stereocenters. The molecule has 1 N–H and O–H groups in total. The summed E-state index contributed by atoms with van der Waals surface area (Å²) >= 11 is 1.71. The number of halogens is 2. The molecule has 0 saturated carbocycles. The topological polar surface area (TPSA) is 113 Å². The number of ether oxygens (including phenoxy) is 2. The fraction of sp³-hybridized carbons (Fsp3) is 0.278. The van der Waals surface area contributed by atoms with Gasteiger partial charge in [0.1, 0.15) is 21.6 Å². The molecule has 0 aliphatic rings. The maximum atomic E-state index is 13.8. The molecular weight excluding hydrogens is 506 g/mol. The minimum absolute atomic E-state index is 0.201. The van der Waals surface area contributed by atoms with E-state index in [1.165, 1.54) is 25.1 Å². The molecule has 0 bridgehead atoms. The molecule has 0 heterocycles. The highest BCUT2D eigenvalue weighted by Gasteiger charge is 2.18. The molecular formula is C18H17FIO7S-. The lowest BCUT2D eigenvalue weighted by Gasteiger charge is -2.19. The van der Waals surface area contributed by atoms with Gasteiger partial charge in [0.05, 0.1) is 8.47 Å². The van der Waals surface area contributed by atoms with Gasteiger partial charge in [-0.2, -0.15) is 0 Å². The van der Waals surface area contributed by atoms with Crippen LogP contribution in [-0.4, -0.2) is 30.7 Å². The van der Waals surface area contributed by atoms with Crippen molar-refractivity contribution in [3.8, 4) is 17.2 Å². The van der Waals surface area contributed by atoms with Crippen molar-refractivity contribution in [3.63, 3.8) is 0 Å². The number of phenolic OH excluding ortho intramolecular Hbond substituents is 1. The summed E-state index contributed by atoms with van der Waals surface area (Å²) in [7, 11) is -4.66. The van der Waals surface area contributed by atoms with Gasteiger partial charge in [0.15, 0.2) is 18.2 Å². The van der Waals surface area contributed by atoms with Crippen molar-refractivity contribution in [1.29, 1.82) is 0 Å². The average Bonchev–Trinajstić information content (AvgIpc) is 2.55. The first kappa shape index (κ1) is 22.4. The number of carbonyl (C=O) groups is 1. The van der Waals surface area contributed by atoms with Crippen LogP contribution in [0.15, 0.2) is 29.2 Å². The van der Waals surface area contributed by atoms with Crippen LogP contribution in [-0.2, 0) is 14.9 Å². The van der Waals surface area contributed by atoms with E-state index in [9.17, 15) is 27.3 Å². The summed E-state index contributed by atoms with van der Waals surface area (Å²) in [4.78, 5) is 11.7. The maximum absolute atomic E-state index is 13.8. The van der Waals surface area contributed by atoms with Gasteiger partial charge in [0.2, 0.25) is 0 Å². The average molecular weight is 523 g/mol. The van der Waals surface area contributed by atoms with Crippen molar-refractivity contribution in [2.24, 2.45) is 0 Å². The van der Waals surface area contributed by atoms with E-state index in [2.05, 4.69) is 0 Å². The Morgan fingerprint density at radius 2 is 1.93 bits per heavy atom. The van der Waals surface area contributed by atoms with Crippen LogP contribution in [0.4, 0.5) is 4.39 Å². The van der Waals surface area contributed by atoms with Crippen molar-refractivity contribution in [1.82, 2.24) is 0 Å². The molecule has 0 aromatic heterocycles. The molecule has 2 rings (SSSR count). The molecule has 0 saturated heterocycles. The quantitative estimate of drug-likeness (QED) is 0.267. The van der Waals surface area contributed by atoms with Crippen LogP contribution >= 0.6 is 22.6 Å². The Morgan fingerprint density at radius 3 is 2.46 bits per heavy atom. The molecule has 0 radical (unpaired) electrons. The highest BCUT2D eigenvalue weighted by atomic mass is 127. The third kappa shape index (κ3) is 5.32. The Kier molecular flexibility index (Phi) is 6.88. The van der Waals surface area contributed by atoms with Crippen molar-refractivity contribution in [2.45, 2.75) is 31.6 Å². The van der Waals surface area contributed by atoms with E-state index < -0.39 is 28.5 Å². The van der Waals surface area contributed by atoms with E-state index in [1.807, 2.05) is 0 Å². The van der Waals surface area contributed by atoms with Gasteiger partial charge in [-0.25, -0.2) is 17.6 Å². The van der Waals surface area contributed by atoms with Gasteiger partial charge in [-0.3, -0.25) is 0 Å². The fourth-order valence-corrected chi connectivity index (χ4v) is 4.02. The predicted molar refractivity (Wildman–Crippen MR) is 105 cm³/mol. The van der Waals surface area contributed by atoms with E-state index in [1.54, 1.807) is 36.4 Å². The van der Waals surface area contributed by atoms with E-state index in [0.29, 0.717) is 5.56 Å². The third-order valence-corrected chi connectivity index (χ3v) is 5.44. The summed E-state index contributed by atoms with van der Waals surface area (Å²) in [6, 6.07) is 4.63. The minimum Gasteiger partial charge on any atom is -0.744 e. The first-order chi connectivity index (χ1) is 12.9. The molecule has 0 aliphatic carbocycles. The molecule has 0 unspecified atom stereocenters. The SMILES string of the molecule is Cc1cc(S(=O)(=O)[O-])c(C(C)C)cc1OCC(=O)Oc1c(F)cc(O)cc1I. The Balaban J connectivity index is 2.21. The van der Waals surface area contributed by atoms with Crippen LogP contribution in [0.1, 0.15) is 30.9 Å². The second-order valence-electron chi connectivity index (χ2n) is 6.27. The summed E-state index contributed by atoms with van der Waals surface area (Å²) in [5, 5.41) is 9.31. The molecule has 0 spiro atoms. The van der Waals surface area contributed by atoms with E-state index >= 15 is 0 Å². The summed E-state index contributed by atoms with van der Waals surface area (Å²) < 4.78 is 58.7. The number of phenols is 1. The molecule has 0 fully saturated rings. The van der Waals surface area contributed by atoms with Crippen LogP contribution in [0.25, 0.3) is 0 Å². The number of aromatic hydroxyl groups is 1. The van der Waals surface area contributed by atoms with Crippen molar-refractivity contribution < 1.29 is 36.7 Å². The van der Waals surface area contributed by atoms with Gasteiger partial charge in [0, 0.05) is 6.07 Å². The number of carbonyl (C=O) groups excluding carboxylic acids is 1. The Hall–Kier alpha value is -1.92. The molecule has 0 aliphatic heterocycles. The van der Waals surface area contributed by atoms with Gasteiger partial charge in [-0.05, 0) is 64.8 Å². The smallest absolute Gasteiger partial charge is 0.349 e. The van der Waals surface area contributed by atoms with Gasteiger partial charge in [0.25, 0.3) is 0 Å². The molecule has 2 aromatic carbocycles. The van der Waals surface area contributed by atoms with E-state index in [4.69, 9.17) is 9.47 Å². The van der Waals surface area contributed by atoms with Crippen LogP contribution < -0.4 is 9.47 Å². The van der Waals surface area contributed by atoms with Crippen LogP contribution in [0.5, 0.6) is 17.2 Å². The minimum atomic E-state index is -4.66. The highest BCUT2D eigenvalue weighted by molar-refractivity contribution is 14.1. The first-order valence-corrected chi connectivity index (χ1v) is 10.5. The second-order valence-corrected chi connectivity index (χ2v) is 8.78. The fourth-order valence-electron chi connectivity index (χ4n) is 2.42. The third-order valence-electron chi connectivity index (χ3n) is 3.74. The van der Waals surface area contributed by atoms with Crippen molar-refractivity contribution in [3.05, 3.63) is 44.8 Å². The van der Waals surface area contributed by atoms with Gasteiger partial charge in [-0.1, -0.05) is 13.8 Å². The lowest BCUT2D eigenvalue weighted by molar-refractivity contribution is -0.136. The van der Waals surface area contributed by atoms with Gasteiger partial charge < -0.3 is 19.1 Å². The zero-order valence-corrected chi connectivity index (χ0v) is 18.1. The lowest BCUT2D eigenvalue weighted by Crippen LogP contribution is -2.19. The normalized spacial score (nSPS) is 11.5. The summed E-state index contributed by atoms with van der Waals surface area (Å²) in [5.74, 6) is -2.51. The summed E-state index contributed by atoms with van der Waals surface area (Å²) in [5.41, 5.74) is 0.611. The Labute approximate surface area is 175 Å². The van der Waals surface area contributed by atoms with Crippen molar-refractivity contribution in [2.75, 3.05) is 6.61 Å². The standard InChI is InChI=1S/C18H18FIO7S/c1-9(2)12-7-15(10(3)4-16(12)28(23,24)25)26-8-17(22)27-18-13(19)5-11(21)6-14(18)20/h4-7,9,21H,8H2,1-3H3,(H,23,24,25)/p-1. The molecule has 7 nitrogen and oxygen atoms in total. The molecule has 0 amide bonds. The van der Waals surface area contributed by atoms with Crippen molar-refractivity contribution >= 4 is 38.7 Å². The van der Waals surface area contributed by atoms with Crippen LogP contribution in [0, 0.1) is 16.3 Å².